The molecule has 0 radical (unpaired) electrons. The first-order valence-electron chi connectivity index (χ1n) is 12.9. The van der Waals surface area contributed by atoms with Crippen molar-refractivity contribution in [3.05, 3.63) is 70.8 Å². The number of piperidine rings is 1. The van der Waals surface area contributed by atoms with Crippen LogP contribution in [0.5, 0.6) is 0 Å². The van der Waals surface area contributed by atoms with Crippen LogP contribution in [0.1, 0.15) is 24.8 Å². The Hall–Kier alpha value is -3.56. The van der Waals surface area contributed by atoms with Crippen LogP contribution in [0.4, 0.5) is 17.3 Å². The summed E-state index contributed by atoms with van der Waals surface area (Å²) in [5.74, 6) is 0.535. The van der Waals surface area contributed by atoms with Crippen LogP contribution in [0.25, 0.3) is 22.3 Å². The third kappa shape index (κ3) is 6.28. The van der Waals surface area contributed by atoms with Gasteiger partial charge in [0.2, 0.25) is 5.95 Å². The molecule has 5 rings (SSSR count). The summed E-state index contributed by atoms with van der Waals surface area (Å²) in [6, 6.07) is 16.3. The molecule has 0 amide bonds. The molecule has 2 aromatic heterocycles. The third-order valence-corrected chi connectivity index (χ3v) is 7.12. The van der Waals surface area contributed by atoms with Gasteiger partial charge in [0.1, 0.15) is 4.60 Å². The summed E-state index contributed by atoms with van der Waals surface area (Å²) in [5, 5.41) is 11.5. The van der Waals surface area contributed by atoms with Gasteiger partial charge in [-0.05, 0) is 85.2 Å². The van der Waals surface area contributed by atoms with E-state index in [0.29, 0.717) is 22.6 Å². The summed E-state index contributed by atoms with van der Waals surface area (Å²) in [6.07, 6.45) is 7.63. The molecular formula is C29H32BrN7O. The summed E-state index contributed by atoms with van der Waals surface area (Å²) in [6.45, 7) is 2.90. The van der Waals surface area contributed by atoms with E-state index in [1.54, 1.807) is 6.08 Å². The highest BCUT2D eigenvalue weighted by molar-refractivity contribution is 9.10. The highest BCUT2D eigenvalue weighted by Crippen LogP contribution is 2.33. The van der Waals surface area contributed by atoms with Crippen LogP contribution in [0.2, 0.25) is 0 Å². The number of ketones is 1. The molecule has 0 spiro atoms. The van der Waals surface area contributed by atoms with Gasteiger partial charge in [0.05, 0.1) is 11.1 Å². The Morgan fingerprint density at radius 2 is 1.92 bits per heavy atom. The third-order valence-electron chi connectivity index (χ3n) is 6.55. The molecule has 196 valence electrons. The van der Waals surface area contributed by atoms with Gasteiger partial charge in [0, 0.05) is 43.0 Å². The molecule has 1 aliphatic heterocycles. The maximum atomic E-state index is 12.5. The molecule has 1 saturated heterocycles. The molecule has 0 saturated carbocycles. The zero-order valence-electron chi connectivity index (χ0n) is 21.7. The summed E-state index contributed by atoms with van der Waals surface area (Å²) in [7, 11) is 3.95. The number of hydrogen-bond acceptors (Lipinski definition) is 7. The van der Waals surface area contributed by atoms with E-state index in [0.717, 1.165) is 47.5 Å². The van der Waals surface area contributed by atoms with Crippen molar-refractivity contribution in [2.45, 2.75) is 25.7 Å². The van der Waals surface area contributed by atoms with Crippen molar-refractivity contribution >= 4 is 50.1 Å². The van der Waals surface area contributed by atoms with Crippen LogP contribution in [0, 0.1) is 0 Å². The first kappa shape index (κ1) is 26.1. The number of rotatable bonds is 9. The zero-order chi connectivity index (χ0) is 26.5. The minimum Gasteiger partial charge on any atom is -0.371 e. The fraction of sp³-hybridized carbons (Fsp3) is 0.310. The molecule has 0 unspecified atom stereocenters. The smallest absolute Gasteiger partial charge is 0.229 e. The SMILES string of the molecule is CN(C)C/C=C/C(=O)Cc1cccc(-c2nc(Nc3cccc(N4CCCCC4)c3)nc3n[nH]c(Br)c23)c1. The van der Waals surface area contributed by atoms with Gasteiger partial charge in [0.25, 0.3) is 0 Å². The molecule has 4 aromatic rings. The number of carbonyl (C=O) groups is 1. The lowest BCUT2D eigenvalue weighted by Gasteiger charge is -2.29. The van der Waals surface area contributed by atoms with Gasteiger partial charge < -0.3 is 15.1 Å². The molecule has 2 N–H and O–H groups in total. The average Bonchev–Trinajstić information content (AvgIpc) is 3.29. The van der Waals surface area contributed by atoms with Gasteiger partial charge in [0.15, 0.2) is 11.4 Å². The fourth-order valence-corrected chi connectivity index (χ4v) is 5.15. The number of allylic oxidation sites excluding steroid dienone is 1. The van der Waals surface area contributed by atoms with Gasteiger partial charge in [-0.2, -0.15) is 10.1 Å². The summed E-state index contributed by atoms with van der Waals surface area (Å²) in [5.41, 5.74) is 5.25. The summed E-state index contributed by atoms with van der Waals surface area (Å²) in [4.78, 5) is 26.5. The Labute approximate surface area is 231 Å². The van der Waals surface area contributed by atoms with Gasteiger partial charge in [-0.1, -0.05) is 30.3 Å². The molecule has 1 aliphatic rings. The molecule has 3 heterocycles. The lowest BCUT2D eigenvalue weighted by atomic mass is 10.0. The monoisotopic (exact) mass is 573 g/mol. The Morgan fingerprint density at radius 3 is 2.74 bits per heavy atom. The molecule has 0 aliphatic carbocycles. The molecule has 38 heavy (non-hydrogen) atoms. The van der Waals surface area contributed by atoms with Crippen molar-refractivity contribution in [2.75, 3.05) is 43.9 Å². The number of anilines is 3. The van der Waals surface area contributed by atoms with E-state index < -0.39 is 0 Å². The van der Waals surface area contributed by atoms with Crippen molar-refractivity contribution in [2.24, 2.45) is 0 Å². The number of hydrogen-bond donors (Lipinski definition) is 2. The Kier molecular flexibility index (Phi) is 8.14. The van der Waals surface area contributed by atoms with Crippen LogP contribution in [-0.4, -0.2) is 64.6 Å². The molecule has 9 heteroatoms. The predicted molar refractivity (Wildman–Crippen MR) is 157 cm³/mol. The number of nitrogens with one attached hydrogen (secondary N) is 2. The van der Waals surface area contributed by atoms with Crippen molar-refractivity contribution in [3.8, 4) is 11.3 Å². The maximum absolute atomic E-state index is 12.5. The number of fused-ring (bicyclic) bond motifs is 1. The number of aromatic nitrogens is 4. The average molecular weight is 575 g/mol. The summed E-state index contributed by atoms with van der Waals surface area (Å²) < 4.78 is 0.717. The molecule has 8 nitrogen and oxygen atoms in total. The van der Waals surface area contributed by atoms with Gasteiger partial charge in [-0.25, -0.2) is 4.98 Å². The van der Waals surface area contributed by atoms with E-state index in [9.17, 15) is 4.79 Å². The van der Waals surface area contributed by atoms with Crippen molar-refractivity contribution in [1.82, 2.24) is 25.1 Å². The van der Waals surface area contributed by atoms with E-state index in [-0.39, 0.29) is 5.78 Å². The first-order valence-corrected chi connectivity index (χ1v) is 13.7. The second kappa shape index (κ2) is 11.9. The second-order valence-electron chi connectivity index (χ2n) is 9.86. The highest BCUT2D eigenvalue weighted by atomic mass is 79.9. The lowest BCUT2D eigenvalue weighted by Crippen LogP contribution is -2.29. The van der Waals surface area contributed by atoms with Gasteiger partial charge in [-0.15, -0.1) is 0 Å². The predicted octanol–water partition coefficient (Wildman–Crippen LogP) is 5.75. The van der Waals surface area contributed by atoms with E-state index in [2.05, 4.69) is 59.5 Å². The van der Waals surface area contributed by atoms with Crippen molar-refractivity contribution in [1.29, 1.82) is 0 Å². The van der Waals surface area contributed by atoms with Gasteiger partial charge in [-0.3, -0.25) is 9.89 Å². The van der Waals surface area contributed by atoms with Crippen LogP contribution in [-0.2, 0) is 11.2 Å². The first-order chi connectivity index (χ1) is 18.5. The maximum Gasteiger partial charge on any atom is 0.229 e. The minimum absolute atomic E-state index is 0.0669. The van der Waals surface area contributed by atoms with E-state index >= 15 is 0 Å². The van der Waals surface area contributed by atoms with Crippen LogP contribution < -0.4 is 10.2 Å². The number of nitrogens with zero attached hydrogens (tertiary/aromatic N) is 5. The molecular weight excluding hydrogens is 542 g/mol. The fourth-order valence-electron chi connectivity index (χ4n) is 4.70. The number of halogens is 1. The number of carbonyl (C=O) groups excluding carboxylic acids is 1. The van der Waals surface area contributed by atoms with Gasteiger partial charge >= 0.3 is 0 Å². The largest absolute Gasteiger partial charge is 0.371 e. The highest BCUT2D eigenvalue weighted by Gasteiger charge is 2.17. The molecule has 1 fully saturated rings. The Bertz CT molecular complexity index is 1460. The van der Waals surface area contributed by atoms with Crippen molar-refractivity contribution < 1.29 is 4.79 Å². The van der Waals surface area contributed by atoms with E-state index in [1.807, 2.05) is 55.4 Å². The van der Waals surface area contributed by atoms with Crippen LogP contribution in [0.3, 0.4) is 0 Å². The number of H-pyrrole nitrogens is 1. The minimum atomic E-state index is 0.0669. The Morgan fingerprint density at radius 1 is 1.11 bits per heavy atom. The quantitative estimate of drug-likeness (QED) is 0.246. The topological polar surface area (TPSA) is 90.0 Å². The molecule has 0 bridgehead atoms. The van der Waals surface area contributed by atoms with Crippen LogP contribution >= 0.6 is 15.9 Å². The van der Waals surface area contributed by atoms with Crippen LogP contribution in [0.15, 0.2) is 65.3 Å². The zero-order valence-corrected chi connectivity index (χ0v) is 23.3. The standard InChI is InChI=1S/C29H32BrN7O/c1-36(2)14-8-13-24(38)18-20-9-6-10-21(17-20)26-25-27(30)34-35-28(25)33-29(32-26)31-22-11-7-12-23(19-22)37-15-4-3-5-16-37/h6-13,17,19H,3-5,14-16,18H2,1-2H3,(H2,31,32,33,34,35)/b13-8+. The molecule has 2 aromatic carbocycles. The number of benzene rings is 2. The second-order valence-corrected chi connectivity index (χ2v) is 10.7. The van der Waals surface area contributed by atoms with E-state index in [1.165, 1.54) is 24.9 Å². The number of aromatic amines is 1. The van der Waals surface area contributed by atoms with Crippen molar-refractivity contribution in [3.63, 3.8) is 0 Å². The Balaban J connectivity index is 1.43. The molecule has 0 atom stereocenters. The normalized spacial score (nSPS) is 14.1. The summed E-state index contributed by atoms with van der Waals surface area (Å²) >= 11 is 3.57. The van der Waals surface area contributed by atoms with E-state index in [4.69, 9.17) is 4.98 Å². The lowest BCUT2D eigenvalue weighted by molar-refractivity contribution is -0.114. The number of likely N-dealkylation sites (N-methyl/N-ethyl adjacent to an activating group) is 1.